The minimum atomic E-state index is -3.08. The third kappa shape index (κ3) is 4.26. The fourth-order valence-corrected chi connectivity index (χ4v) is 3.32. The van der Waals surface area contributed by atoms with Crippen molar-refractivity contribution in [3.05, 3.63) is 39.8 Å². The van der Waals surface area contributed by atoms with Crippen LogP contribution < -0.4 is 4.31 Å². The molecule has 0 N–H and O–H groups in total. The summed E-state index contributed by atoms with van der Waals surface area (Å²) in [4.78, 5) is 25.9. The van der Waals surface area contributed by atoms with Crippen molar-refractivity contribution in [1.82, 2.24) is 4.98 Å². The van der Waals surface area contributed by atoms with Gasteiger partial charge in [0, 0.05) is 23.1 Å². The average Bonchev–Trinajstić information content (AvgIpc) is 3.02. The van der Waals surface area contributed by atoms with Gasteiger partial charge >= 0.3 is 5.97 Å². The van der Waals surface area contributed by atoms with Crippen LogP contribution in [0.3, 0.4) is 0 Å². The van der Waals surface area contributed by atoms with Gasteiger partial charge < -0.3 is 4.74 Å². The van der Waals surface area contributed by atoms with Crippen LogP contribution >= 0.6 is 11.3 Å². The first-order chi connectivity index (χ1) is 11.4. The zero-order valence-corrected chi connectivity index (χ0v) is 14.2. The predicted molar refractivity (Wildman–Crippen MR) is 88.5 cm³/mol. The second-order valence-electron chi connectivity index (χ2n) is 4.42. The van der Waals surface area contributed by atoms with Crippen LogP contribution in [0.25, 0.3) is 11.3 Å². The largest absolute Gasteiger partial charge is 0.465 e. The van der Waals surface area contributed by atoms with E-state index in [4.69, 9.17) is 4.74 Å². The fraction of sp³-hybridized carbons (Fsp3) is 0.231. The van der Waals surface area contributed by atoms with E-state index in [1.165, 1.54) is 18.2 Å². The summed E-state index contributed by atoms with van der Waals surface area (Å²) < 4.78 is 28.3. The van der Waals surface area contributed by atoms with Crippen LogP contribution in [0.1, 0.15) is 6.92 Å². The summed E-state index contributed by atoms with van der Waals surface area (Å²) in [5.74, 6) is -0.691. The number of hydrogen-bond donors (Lipinski definition) is 1. The van der Waals surface area contributed by atoms with Crippen molar-refractivity contribution in [3.8, 4) is 11.3 Å². The zero-order chi connectivity index (χ0) is 17.7. The number of carbonyl (C=O) groups excluding carboxylic acids is 1. The molecule has 0 fully saturated rings. The maximum atomic E-state index is 11.5. The maximum absolute atomic E-state index is 11.5. The number of esters is 1. The number of non-ortho nitro benzene ring substituents is 1. The number of anilines is 1. The second-order valence-corrected chi connectivity index (χ2v) is 6.22. The number of nitro groups is 1. The van der Waals surface area contributed by atoms with Gasteiger partial charge in [-0.2, -0.15) is 0 Å². The number of carbonyl (C=O) groups is 1. The first-order valence-electron chi connectivity index (χ1n) is 6.70. The molecule has 0 bridgehead atoms. The van der Waals surface area contributed by atoms with Gasteiger partial charge in [0.05, 0.1) is 17.2 Å². The highest BCUT2D eigenvalue weighted by Gasteiger charge is 2.19. The molecular formula is C13H13N3O6S2. The Hall–Kier alpha value is -2.53. The van der Waals surface area contributed by atoms with Crippen molar-refractivity contribution in [3.63, 3.8) is 0 Å². The predicted octanol–water partition coefficient (Wildman–Crippen LogP) is 1.61. The van der Waals surface area contributed by atoms with E-state index < -0.39 is 28.3 Å². The summed E-state index contributed by atoms with van der Waals surface area (Å²) in [7, 11) is -3.08. The number of rotatable bonds is 7. The summed E-state index contributed by atoms with van der Waals surface area (Å²) in [6, 6.07) is 5.82. The average molecular weight is 371 g/mol. The summed E-state index contributed by atoms with van der Waals surface area (Å²) in [6.45, 7) is 1.27. The smallest absolute Gasteiger partial charge is 0.326 e. The molecule has 0 aliphatic heterocycles. The molecule has 0 unspecified atom stereocenters. The van der Waals surface area contributed by atoms with Gasteiger partial charge in [0.15, 0.2) is 5.13 Å². The molecule has 0 spiro atoms. The molecule has 1 aromatic carbocycles. The number of ether oxygens (including phenoxy) is 1. The number of aromatic nitrogens is 1. The lowest BCUT2D eigenvalue weighted by atomic mass is 10.1. The van der Waals surface area contributed by atoms with E-state index in [0.29, 0.717) is 11.3 Å². The first kappa shape index (κ1) is 17.8. The number of nitro benzene ring substituents is 1. The van der Waals surface area contributed by atoms with Gasteiger partial charge in [-0.25, -0.2) is 17.7 Å². The first-order valence-corrected chi connectivity index (χ1v) is 8.71. The lowest BCUT2D eigenvalue weighted by Gasteiger charge is -2.12. The third-order valence-corrected chi connectivity index (χ3v) is 4.57. The maximum Gasteiger partial charge on any atom is 0.326 e. The Morgan fingerprint density at radius 2 is 2.21 bits per heavy atom. The Kier molecular flexibility index (Phi) is 5.82. The highest BCUT2D eigenvalue weighted by molar-refractivity contribution is 7.74. The van der Waals surface area contributed by atoms with Gasteiger partial charge in [0.1, 0.15) is 6.54 Å². The molecule has 0 saturated carbocycles. The molecule has 1 aromatic heterocycles. The van der Waals surface area contributed by atoms with E-state index >= 15 is 0 Å². The summed E-state index contributed by atoms with van der Waals surface area (Å²) >= 11 is 1.01. The quantitative estimate of drug-likeness (QED) is 0.340. The van der Waals surface area contributed by atoms with Crippen LogP contribution in [0.5, 0.6) is 0 Å². The van der Waals surface area contributed by atoms with Crippen molar-refractivity contribution in [2.45, 2.75) is 6.92 Å². The van der Waals surface area contributed by atoms with E-state index in [1.807, 2.05) is 0 Å². The molecule has 128 valence electrons. The summed E-state index contributed by atoms with van der Waals surface area (Å²) in [5, 5.41) is 12.5. The van der Waals surface area contributed by atoms with Crippen LogP contribution in [-0.4, -0.2) is 37.4 Å². The van der Waals surface area contributed by atoms with E-state index in [0.717, 1.165) is 15.6 Å². The van der Waals surface area contributed by atoms with Gasteiger partial charge in [0.25, 0.3) is 5.69 Å². The zero-order valence-electron chi connectivity index (χ0n) is 12.4. The molecule has 9 nitrogen and oxygen atoms in total. The fourth-order valence-electron chi connectivity index (χ4n) is 1.82. The van der Waals surface area contributed by atoms with E-state index in [2.05, 4.69) is 4.98 Å². The highest BCUT2D eigenvalue weighted by Crippen LogP contribution is 2.29. The van der Waals surface area contributed by atoms with Crippen molar-refractivity contribution in [1.29, 1.82) is 0 Å². The molecular weight excluding hydrogens is 358 g/mol. The van der Waals surface area contributed by atoms with Crippen molar-refractivity contribution < 1.29 is 22.9 Å². The Balaban J connectivity index is 2.29. The van der Waals surface area contributed by atoms with Gasteiger partial charge in [-0.1, -0.05) is 12.1 Å². The summed E-state index contributed by atoms with van der Waals surface area (Å²) in [5.41, 5.74) is 0.758. The normalized spacial score (nSPS) is 10.6. The number of benzene rings is 1. The number of thiol groups is 1. The third-order valence-electron chi connectivity index (χ3n) is 2.85. The van der Waals surface area contributed by atoms with Crippen molar-refractivity contribution in [2.24, 2.45) is 0 Å². The molecule has 0 atom stereocenters. The molecule has 0 aliphatic carbocycles. The topological polar surface area (TPSA) is 120 Å². The minimum absolute atomic E-state index is 0.0840. The van der Waals surface area contributed by atoms with E-state index in [1.54, 1.807) is 18.4 Å². The Labute approximate surface area is 142 Å². The molecule has 2 rings (SSSR count). The Morgan fingerprint density at radius 1 is 1.46 bits per heavy atom. The van der Waals surface area contributed by atoms with Gasteiger partial charge in [0.2, 0.25) is 10.9 Å². The lowest BCUT2D eigenvalue weighted by molar-refractivity contribution is -0.384. The molecule has 11 heteroatoms. The molecule has 0 aliphatic rings. The van der Waals surface area contributed by atoms with E-state index in [-0.39, 0.29) is 17.4 Å². The standard InChI is InChI=1S/C13H13N3O6S2/c1-2-22-12(17)7-15(24(20)21)13-14-11(8-23-13)9-4-3-5-10(6-9)16(18)19/h3-6,8,24H,2,7H2,1H3. The van der Waals surface area contributed by atoms with Gasteiger partial charge in [-0.05, 0) is 6.92 Å². The molecule has 0 radical (unpaired) electrons. The minimum Gasteiger partial charge on any atom is -0.465 e. The monoisotopic (exact) mass is 371 g/mol. The molecule has 2 aromatic rings. The Morgan fingerprint density at radius 3 is 2.83 bits per heavy atom. The number of thiazole rings is 1. The van der Waals surface area contributed by atoms with Crippen LogP contribution in [0.4, 0.5) is 10.8 Å². The van der Waals surface area contributed by atoms with Crippen LogP contribution in [0, 0.1) is 10.1 Å². The summed E-state index contributed by atoms with van der Waals surface area (Å²) in [6.07, 6.45) is 0. The van der Waals surface area contributed by atoms with Crippen LogP contribution in [-0.2, 0) is 20.4 Å². The molecule has 24 heavy (non-hydrogen) atoms. The number of hydrogen-bond acceptors (Lipinski definition) is 8. The van der Waals surface area contributed by atoms with Crippen LogP contribution in [0.15, 0.2) is 29.6 Å². The molecule has 1 heterocycles. The molecule has 0 amide bonds. The number of nitrogens with zero attached hydrogens (tertiary/aromatic N) is 3. The molecule has 0 saturated heterocycles. The van der Waals surface area contributed by atoms with Crippen molar-refractivity contribution >= 4 is 39.0 Å². The van der Waals surface area contributed by atoms with Gasteiger partial charge in [-0.15, -0.1) is 11.3 Å². The van der Waals surface area contributed by atoms with E-state index in [9.17, 15) is 23.3 Å². The Bertz CT molecular complexity index is 825. The highest BCUT2D eigenvalue weighted by atomic mass is 32.2. The van der Waals surface area contributed by atoms with Crippen LogP contribution in [0.2, 0.25) is 0 Å². The SMILES string of the molecule is CCOC(=O)CN(c1nc(-c2cccc([N+](=O)[O-])c2)cs1)[SH](=O)=O. The lowest BCUT2D eigenvalue weighted by Crippen LogP contribution is -2.29. The van der Waals surface area contributed by atoms with Crippen molar-refractivity contribution in [2.75, 3.05) is 17.5 Å². The second kappa shape index (κ2) is 7.84. The van der Waals surface area contributed by atoms with Gasteiger partial charge in [-0.3, -0.25) is 14.9 Å².